The minimum absolute atomic E-state index is 0.112. The van der Waals surface area contributed by atoms with Crippen LogP contribution in [0.2, 0.25) is 0 Å². The van der Waals surface area contributed by atoms with Gasteiger partial charge in [0.1, 0.15) is 17.0 Å². The monoisotopic (exact) mass is 622 g/mol. The molecule has 238 valence electrons. The number of ketones is 1. The van der Waals surface area contributed by atoms with Gasteiger partial charge in [-0.05, 0) is 90.4 Å². The first-order chi connectivity index (χ1) is 21.6. The Hall–Kier alpha value is -5.32. The molecule has 0 saturated heterocycles. The van der Waals surface area contributed by atoms with Gasteiger partial charge < -0.3 is 20.1 Å². The molecule has 2 aromatic heterocycles. The number of amides is 1. The van der Waals surface area contributed by atoms with Crippen LogP contribution in [0.5, 0.6) is 0 Å². The SMILES string of the molecule is C[C@@H](NC(=O)OC(C)(C)C)C(=O)Cc1cccc(-c2nc(Nc3ccc4c(cnn4C(=O)OC(C)(C)C)c3)c3ccccc3n2)c1. The largest absolute Gasteiger partial charge is 0.444 e. The second-order valence-corrected chi connectivity index (χ2v) is 13.1. The molecule has 0 aliphatic carbocycles. The molecule has 2 heterocycles. The summed E-state index contributed by atoms with van der Waals surface area (Å²) >= 11 is 0. The Bertz CT molecular complexity index is 1940. The van der Waals surface area contributed by atoms with Gasteiger partial charge in [0.25, 0.3) is 0 Å². The van der Waals surface area contributed by atoms with Crippen LogP contribution >= 0.6 is 0 Å². The van der Waals surface area contributed by atoms with E-state index in [1.807, 2.05) is 81.4 Å². The highest BCUT2D eigenvalue weighted by Crippen LogP contribution is 2.29. The number of carbonyl (C=O) groups excluding carboxylic acids is 3. The van der Waals surface area contributed by atoms with E-state index in [0.717, 1.165) is 33.1 Å². The van der Waals surface area contributed by atoms with Crippen molar-refractivity contribution in [2.75, 3.05) is 5.32 Å². The van der Waals surface area contributed by atoms with Crippen LogP contribution in [-0.2, 0) is 20.7 Å². The number of alkyl carbamates (subject to hydrolysis) is 1. The Balaban J connectivity index is 1.39. The van der Waals surface area contributed by atoms with Crippen molar-refractivity contribution in [3.63, 3.8) is 0 Å². The van der Waals surface area contributed by atoms with E-state index in [1.54, 1.807) is 40.0 Å². The topological polar surface area (TPSA) is 137 Å². The molecule has 0 aliphatic heterocycles. The molecule has 0 aliphatic rings. The number of carbonyl (C=O) groups is 3. The molecule has 0 saturated carbocycles. The van der Waals surface area contributed by atoms with Crippen molar-refractivity contribution in [3.05, 3.63) is 78.5 Å². The summed E-state index contributed by atoms with van der Waals surface area (Å²) in [6.07, 6.45) is 0.542. The maximum absolute atomic E-state index is 12.9. The number of ether oxygens (including phenoxy) is 2. The lowest BCUT2D eigenvalue weighted by atomic mass is 10.0. The van der Waals surface area contributed by atoms with Gasteiger partial charge in [0.15, 0.2) is 11.6 Å². The van der Waals surface area contributed by atoms with Gasteiger partial charge in [-0.3, -0.25) is 4.79 Å². The first kappa shape index (κ1) is 32.1. The molecule has 5 aromatic rings. The number of hydrogen-bond donors (Lipinski definition) is 2. The summed E-state index contributed by atoms with van der Waals surface area (Å²) in [5, 5.41) is 11.8. The number of benzene rings is 3. The number of fused-ring (bicyclic) bond motifs is 2. The van der Waals surface area contributed by atoms with Gasteiger partial charge in [-0.25, -0.2) is 19.6 Å². The lowest BCUT2D eigenvalue weighted by molar-refractivity contribution is -0.120. The molecular weight excluding hydrogens is 584 g/mol. The quantitative estimate of drug-likeness (QED) is 0.193. The molecule has 0 spiro atoms. The average molecular weight is 623 g/mol. The molecule has 0 bridgehead atoms. The third-order valence-corrected chi connectivity index (χ3v) is 6.78. The smallest absolute Gasteiger partial charge is 0.435 e. The van der Waals surface area contributed by atoms with E-state index in [4.69, 9.17) is 19.4 Å². The lowest BCUT2D eigenvalue weighted by Gasteiger charge is -2.21. The summed E-state index contributed by atoms with van der Waals surface area (Å²) < 4.78 is 12.0. The molecule has 0 unspecified atom stereocenters. The molecule has 46 heavy (non-hydrogen) atoms. The van der Waals surface area contributed by atoms with Crippen LogP contribution < -0.4 is 10.6 Å². The van der Waals surface area contributed by atoms with E-state index in [1.165, 1.54) is 4.68 Å². The summed E-state index contributed by atoms with van der Waals surface area (Å²) in [4.78, 5) is 47.4. The molecule has 11 heteroatoms. The van der Waals surface area contributed by atoms with Crippen LogP contribution in [0.25, 0.3) is 33.2 Å². The second-order valence-electron chi connectivity index (χ2n) is 13.1. The molecule has 1 atom stereocenters. The van der Waals surface area contributed by atoms with Crippen molar-refractivity contribution < 1.29 is 23.9 Å². The summed E-state index contributed by atoms with van der Waals surface area (Å²) in [6.45, 7) is 12.4. The van der Waals surface area contributed by atoms with Crippen LogP contribution in [0.4, 0.5) is 21.1 Å². The molecule has 11 nitrogen and oxygen atoms in total. The number of nitrogens with one attached hydrogen (secondary N) is 2. The number of anilines is 2. The van der Waals surface area contributed by atoms with Gasteiger partial charge in [0.05, 0.1) is 23.3 Å². The Morgan fingerprint density at radius 3 is 2.35 bits per heavy atom. The van der Waals surface area contributed by atoms with Gasteiger partial charge in [-0.15, -0.1) is 0 Å². The first-order valence-electron chi connectivity index (χ1n) is 15.0. The molecule has 5 rings (SSSR count). The van der Waals surface area contributed by atoms with Crippen molar-refractivity contribution in [1.82, 2.24) is 25.1 Å². The van der Waals surface area contributed by atoms with Crippen LogP contribution in [0.3, 0.4) is 0 Å². The maximum atomic E-state index is 12.9. The highest BCUT2D eigenvalue weighted by Gasteiger charge is 2.22. The molecule has 2 N–H and O–H groups in total. The van der Waals surface area contributed by atoms with E-state index in [0.29, 0.717) is 17.2 Å². The Labute approximate surface area is 267 Å². The van der Waals surface area contributed by atoms with Crippen LogP contribution in [0.15, 0.2) is 72.9 Å². The van der Waals surface area contributed by atoms with Crippen LogP contribution in [-0.4, -0.2) is 55.0 Å². The maximum Gasteiger partial charge on any atom is 0.435 e. The molecule has 3 aromatic carbocycles. The highest BCUT2D eigenvalue weighted by atomic mass is 16.6. The Kier molecular flexibility index (Phi) is 8.78. The number of para-hydroxylation sites is 1. The fraction of sp³-hybridized carbons (Fsp3) is 0.314. The van der Waals surface area contributed by atoms with Gasteiger partial charge in [0.2, 0.25) is 0 Å². The highest BCUT2D eigenvalue weighted by molar-refractivity contribution is 5.94. The Morgan fingerprint density at radius 1 is 0.870 bits per heavy atom. The van der Waals surface area contributed by atoms with Crippen molar-refractivity contribution in [1.29, 1.82) is 0 Å². The standard InChI is InChI=1S/C35H38N6O5/c1-21(37-32(43)45-34(2,3)4)29(42)18-22-11-10-12-23(17-22)30-39-27-14-9-8-13-26(27)31(40-30)38-25-15-16-28-24(19-25)20-36-41(28)33(44)46-35(5,6)7/h8-17,19-21H,18H2,1-7H3,(H,37,43)(H,38,39,40)/t21-/m1/s1. The van der Waals surface area contributed by atoms with Gasteiger partial charge >= 0.3 is 12.2 Å². The fourth-order valence-electron chi connectivity index (χ4n) is 4.74. The third-order valence-electron chi connectivity index (χ3n) is 6.78. The summed E-state index contributed by atoms with van der Waals surface area (Å²) in [5.41, 5.74) is 2.30. The number of hydrogen-bond acceptors (Lipinski definition) is 9. The van der Waals surface area contributed by atoms with E-state index >= 15 is 0 Å². The predicted octanol–water partition coefficient (Wildman–Crippen LogP) is 7.20. The van der Waals surface area contributed by atoms with E-state index in [2.05, 4.69) is 15.7 Å². The normalized spacial score (nSPS) is 12.5. The zero-order valence-electron chi connectivity index (χ0n) is 27.0. The van der Waals surface area contributed by atoms with Gasteiger partial charge in [0, 0.05) is 28.4 Å². The predicted molar refractivity (Wildman–Crippen MR) is 177 cm³/mol. The Morgan fingerprint density at radius 2 is 1.61 bits per heavy atom. The summed E-state index contributed by atoms with van der Waals surface area (Å²) in [6, 6.07) is 20.0. The van der Waals surface area contributed by atoms with Crippen molar-refractivity contribution in [2.45, 2.75) is 72.1 Å². The van der Waals surface area contributed by atoms with E-state index in [9.17, 15) is 14.4 Å². The zero-order chi connectivity index (χ0) is 33.2. The zero-order valence-corrected chi connectivity index (χ0v) is 27.0. The minimum atomic E-state index is -0.722. The number of rotatable bonds is 7. The van der Waals surface area contributed by atoms with Gasteiger partial charge in [-0.1, -0.05) is 30.3 Å². The van der Waals surface area contributed by atoms with Gasteiger partial charge in [-0.2, -0.15) is 9.78 Å². The molecule has 1 amide bonds. The van der Waals surface area contributed by atoms with Crippen LogP contribution in [0, 0.1) is 0 Å². The summed E-state index contributed by atoms with van der Waals surface area (Å²) in [5.74, 6) is 0.917. The molecule has 0 radical (unpaired) electrons. The molecular formula is C35H38N6O5. The average Bonchev–Trinajstić information content (AvgIpc) is 3.39. The fourth-order valence-corrected chi connectivity index (χ4v) is 4.74. The van der Waals surface area contributed by atoms with Crippen LogP contribution in [0.1, 0.15) is 54.0 Å². The van der Waals surface area contributed by atoms with E-state index < -0.39 is 29.4 Å². The summed E-state index contributed by atoms with van der Waals surface area (Å²) in [7, 11) is 0. The second kappa shape index (κ2) is 12.6. The minimum Gasteiger partial charge on any atom is -0.444 e. The number of aromatic nitrogens is 4. The van der Waals surface area contributed by atoms with Crippen molar-refractivity contribution in [2.24, 2.45) is 0 Å². The molecule has 0 fully saturated rings. The first-order valence-corrected chi connectivity index (χ1v) is 15.0. The number of nitrogens with zero attached hydrogens (tertiary/aromatic N) is 4. The van der Waals surface area contributed by atoms with Crippen molar-refractivity contribution in [3.8, 4) is 11.4 Å². The van der Waals surface area contributed by atoms with Crippen molar-refractivity contribution >= 4 is 51.3 Å². The number of Topliss-reactive ketones (excluding diaryl/α,β-unsaturated/α-hetero) is 1. The van der Waals surface area contributed by atoms with E-state index in [-0.39, 0.29) is 12.2 Å². The third kappa shape index (κ3) is 7.84. The lowest BCUT2D eigenvalue weighted by Crippen LogP contribution is -2.42.